The van der Waals surface area contributed by atoms with E-state index < -0.39 is 11.8 Å². The minimum Gasteiger partial charge on any atom is -0.481 e. The molecule has 8 heteroatoms. The van der Waals surface area contributed by atoms with E-state index in [1.54, 1.807) is 12.0 Å². The van der Waals surface area contributed by atoms with Gasteiger partial charge in [-0.2, -0.15) is 0 Å². The van der Waals surface area contributed by atoms with E-state index in [1.165, 1.54) is 0 Å². The first-order chi connectivity index (χ1) is 19.0. The number of carbonyl (C=O) groups excluding carboxylic acids is 1. The Morgan fingerprint density at radius 2 is 1.74 bits per heavy atom. The molecule has 0 saturated carbocycles. The minimum absolute atomic E-state index is 0.142. The molecule has 2 aliphatic heterocycles. The van der Waals surface area contributed by atoms with Gasteiger partial charge < -0.3 is 19.5 Å². The zero-order chi connectivity index (χ0) is 26.8. The van der Waals surface area contributed by atoms with E-state index in [-0.39, 0.29) is 12.5 Å². The van der Waals surface area contributed by atoms with Gasteiger partial charge in [-0.1, -0.05) is 66.7 Å². The molecular weight excluding hydrogens is 492 g/mol. The van der Waals surface area contributed by atoms with E-state index >= 15 is 0 Å². The Morgan fingerprint density at radius 3 is 2.51 bits per heavy atom. The second-order valence-electron chi connectivity index (χ2n) is 9.78. The number of nitrogens with zero attached hydrogens (tertiary/aromatic N) is 3. The van der Waals surface area contributed by atoms with Gasteiger partial charge in [0.15, 0.2) is 6.29 Å². The molecule has 2 aliphatic rings. The summed E-state index contributed by atoms with van der Waals surface area (Å²) in [6, 6.07) is 28.1. The molecule has 3 aromatic carbocycles. The highest BCUT2D eigenvalue weighted by Gasteiger charge is 2.49. The normalized spacial score (nSPS) is 20.6. The van der Waals surface area contributed by atoms with Crippen LogP contribution >= 0.6 is 0 Å². The highest BCUT2D eigenvalue weighted by atomic mass is 16.7. The van der Waals surface area contributed by atoms with Gasteiger partial charge in [-0.15, -0.1) is 0 Å². The molecule has 3 heterocycles. The maximum absolute atomic E-state index is 14.0. The van der Waals surface area contributed by atoms with Crippen LogP contribution < -0.4 is 10.1 Å². The molecular formula is C31H30N4O4. The molecule has 1 aromatic heterocycles. The van der Waals surface area contributed by atoms with Crippen molar-refractivity contribution in [2.24, 2.45) is 4.99 Å². The lowest BCUT2D eigenvalue weighted by Gasteiger charge is -2.24. The van der Waals surface area contributed by atoms with Crippen molar-refractivity contribution in [3.8, 4) is 17.1 Å². The van der Waals surface area contributed by atoms with E-state index in [0.717, 1.165) is 27.6 Å². The van der Waals surface area contributed by atoms with E-state index in [1.807, 2.05) is 67.6 Å². The number of benzene rings is 3. The van der Waals surface area contributed by atoms with Crippen molar-refractivity contribution in [1.29, 1.82) is 0 Å². The Morgan fingerprint density at radius 1 is 1.00 bits per heavy atom. The number of rotatable bonds is 7. The average molecular weight is 523 g/mol. The molecule has 2 fully saturated rings. The van der Waals surface area contributed by atoms with Gasteiger partial charge in [0.2, 0.25) is 11.8 Å². The van der Waals surface area contributed by atoms with E-state index in [9.17, 15) is 4.79 Å². The third-order valence-electron chi connectivity index (χ3n) is 7.19. The van der Waals surface area contributed by atoms with Crippen LogP contribution in [0.4, 0.5) is 0 Å². The predicted molar refractivity (Wildman–Crippen MR) is 149 cm³/mol. The summed E-state index contributed by atoms with van der Waals surface area (Å²) in [6.45, 7) is 3.58. The van der Waals surface area contributed by atoms with Gasteiger partial charge in [0.1, 0.15) is 5.54 Å². The number of methoxy groups -OCH3 is 1. The molecule has 6 rings (SSSR count). The molecule has 39 heavy (non-hydrogen) atoms. The highest BCUT2D eigenvalue weighted by Crippen LogP contribution is 2.36. The van der Waals surface area contributed by atoms with Gasteiger partial charge >= 0.3 is 0 Å². The lowest BCUT2D eigenvalue weighted by molar-refractivity contribution is -0.131. The van der Waals surface area contributed by atoms with Crippen molar-refractivity contribution in [1.82, 2.24) is 15.2 Å². The summed E-state index contributed by atoms with van der Waals surface area (Å²) in [5.74, 6) is 0.704. The molecule has 0 spiro atoms. The smallest absolute Gasteiger partial charge is 0.259 e. The molecule has 1 atom stereocenters. The molecule has 8 nitrogen and oxygen atoms in total. The number of nitrogens with one attached hydrogen (secondary N) is 1. The minimum atomic E-state index is -1.13. The van der Waals surface area contributed by atoms with Gasteiger partial charge in [-0.3, -0.25) is 9.69 Å². The Hall–Kier alpha value is -4.27. The van der Waals surface area contributed by atoms with Gasteiger partial charge in [0, 0.05) is 11.1 Å². The topological polar surface area (TPSA) is 85.3 Å². The fourth-order valence-corrected chi connectivity index (χ4v) is 5.09. The third kappa shape index (κ3) is 4.84. The number of pyridine rings is 1. The first-order valence-corrected chi connectivity index (χ1v) is 13.0. The average Bonchev–Trinajstić information content (AvgIpc) is 3.59. The molecule has 1 N–H and O–H groups in total. The second-order valence-corrected chi connectivity index (χ2v) is 9.78. The molecule has 0 radical (unpaired) electrons. The Labute approximate surface area is 227 Å². The van der Waals surface area contributed by atoms with Crippen LogP contribution in [-0.4, -0.2) is 54.9 Å². The summed E-state index contributed by atoms with van der Waals surface area (Å²) in [5, 5.41) is 5.68. The molecule has 2 saturated heterocycles. The van der Waals surface area contributed by atoms with Gasteiger partial charge in [-0.25, -0.2) is 9.98 Å². The first-order valence-electron chi connectivity index (χ1n) is 13.0. The molecule has 4 aromatic rings. The fourth-order valence-electron chi connectivity index (χ4n) is 5.09. The zero-order valence-corrected chi connectivity index (χ0v) is 22.0. The number of guanidine groups is 1. The van der Waals surface area contributed by atoms with Crippen molar-refractivity contribution in [3.63, 3.8) is 0 Å². The lowest BCUT2D eigenvalue weighted by atomic mass is 9.92. The van der Waals surface area contributed by atoms with E-state index in [4.69, 9.17) is 24.2 Å². The second kappa shape index (κ2) is 10.5. The number of aliphatic imine (C=N–C) groups is 1. The van der Waals surface area contributed by atoms with Crippen LogP contribution in [0, 0.1) is 0 Å². The Bertz CT molecular complexity index is 1530. The van der Waals surface area contributed by atoms with Crippen molar-refractivity contribution < 1.29 is 19.0 Å². The zero-order valence-electron chi connectivity index (χ0n) is 22.0. The van der Waals surface area contributed by atoms with Gasteiger partial charge in [-0.05, 0) is 41.5 Å². The van der Waals surface area contributed by atoms with Gasteiger partial charge in [0.05, 0.1) is 39.1 Å². The van der Waals surface area contributed by atoms with Gasteiger partial charge in [0.25, 0.3) is 5.91 Å². The number of hydrogen-bond donors (Lipinski definition) is 1. The van der Waals surface area contributed by atoms with Crippen molar-refractivity contribution in [3.05, 3.63) is 96.1 Å². The Balaban J connectivity index is 1.35. The van der Waals surface area contributed by atoms with Crippen LogP contribution in [0.5, 0.6) is 5.88 Å². The number of amides is 1. The van der Waals surface area contributed by atoms with Crippen molar-refractivity contribution in [2.45, 2.75) is 25.3 Å². The molecule has 1 unspecified atom stereocenters. The number of aromatic nitrogens is 1. The summed E-state index contributed by atoms with van der Waals surface area (Å²) in [4.78, 5) is 25.2. The monoisotopic (exact) mass is 522 g/mol. The summed E-state index contributed by atoms with van der Waals surface area (Å²) < 4.78 is 16.9. The summed E-state index contributed by atoms with van der Waals surface area (Å²) in [6.07, 6.45) is -0.419. The van der Waals surface area contributed by atoms with E-state index in [0.29, 0.717) is 37.2 Å². The maximum atomic E-state index is 14.0. The summed E-state index contributed by atoms with van der Waals surface area (Å²) in [5.41, 5.74) is 2.23. The molecule has 0 bridgehead atoms. The summed E-state index contributed by atoms with van der Waals surface area (Å²) in [7, 11) is 1.57. The standard InChI is InChI=1S/C31H30N4O4/c1-31(25-14-15-26(33-28(25)37-2)24-13-12-22-10-6-7-11-23(22)18-24)29(36)35(20-21-8-4-3-5-9-21)30(34-31)32-19-27-38-16-17-39-27/h3-15,18,27H,16-17,19-20H2,1-2H3,(H,32,34). The van der Waals surface area contributed by atoms with Crippen LogP contribution in [0.1, 0.15) is 18.1 Å². The summed E-state index contributed by atoms with van der Waals surface area (Å²) >= 11 is 0. The van der Waals surface area contributed by atoms with E-state index in [2.05, 4.69) is 29.6 Å². The largest absolute Gasteiger partial charge is 0.481 e. The number of ether oxygens (including phenoxy) is 3. The Kier molecular flexibility index (Phi) is 6.72. The predicted octanol–water partition coefficient (Wildman–Crippen LogP) is 4.49. The SMILES string of the molecule is COc1nc(-c2ccc3ccccc3c2)ccc1C1(C)NC(=NCC2OCCO2)N(Cc2ccccc2)C1=O. The van der Waals surface area contributed by atoms with Crippen LogP contribution in [0.3, 0.4) is 0 Å². The number of carbonyl (C=O) groups is 1. The lowest BCUT2D eigenvalue weighted by Crippen LogP contribution is -2.41. The fraction of sp³-hybridized carbons (Fsp3) is 0.258. The molecule has 0 aliphatic carbocycles. The number of hydrogen-bond acceptors (Lipinski definition) is 6. The molecule has 1 amide bonds. The third-order valence-corrected chi connectivity index (χ3v) is 7.19. The molecule has 198 valence electrons. The van der Waals surface area contributed by atoms with Crippen LogP contribution in [0.25, 0.3) is 22.0 Å². The highest BCUT2D eigenvalue weighted by molar-refractivity contribution is 6.09. The quantitative estimate of drug-likeness (QED) is 0.385. The van der Waals surface area contributed by atoms with Crippen LogP contribution in [0.2, 0.25) is 0 Å². The van der Waals surface area contributed by atoms with Crippen LogP contribution in [-0.2, 0) is 26.4 Å². The maximum Gasteiger partial charge on any atom is 0.259 e. The number of fused-ring (bicyclic) bond motifs is 1. The van der Waals surface area contributed by atoms with Crippen molar-refractivity contribution >= 4 is 22.6 Å². The van der Waals surface area contributed by atoms with Crippen molar-refractivity contribution in [2.75, 3.05) is 26.9 Å². The van der Waals surface area contributed by atoms with Crippen LogP contribution in [0.15, 0.2) is 89.9 Å². The first kappa shape index (κ1) is 25.0.